The Labute approximate surface area is 156 Å². The molecule has 0 radical (unpaired) electrons. The number of rotatable bonds is 2. The van der Waals surface area contributed by atoms with E-state index in [4.69, 9.17) is 4.42 Å². The summed E-state index contributed by atoms with van der Waals surface area (Å²) in [6.07, 6.45) is 4.15. The molecule has 140 valence electrons. The van der Waals surface area contributed by atoms with Crippen molar-refractivity contribution in [1.29, 1.82) is 0 Å². The molecular formula is C22H22O5. The van der Waals surface area contributed by atoms with E-state index < -0.39 is 16.9 Å². The molecule has 2 atom stereocenters. The van der Waals surface area contributed by atoms with Crippen molar-refractivity contribution in [2.45, 2.75) is 38.5 Å². The number of aromatic hydroxyl groups is 3. The second-order valence-electron chi connectivity index (χ2n) is 7.46. The average Bonchev–Trinajstić information content (AvgIpc) is 2.66. The first-order valence-corrected chi connectivity index (χ1v) is 9.19. The van der Waals surface area contributed by atoms with Crippen molar-refractivity contribution in [1.82, 2.24) is 0 Å². The normalized spacial score (nSPS) is 20.2. The molecule has 0 aromatic heterocycles. The molecule has 27 heavy (non-hydrogen) atoms. The molecule has 0 amide bonds. The maximum atomic E-state index is 11.9. The second-order valence-corrected chi connectivity index (χ2v) is 7.46. The predicted octanol–water partition coefficient (Wildman–Crippen LogP) is 4.86. The van der Waals surface area contributed by atoms with Crippen LogP contribution in [0.25, 0.3) is 22.3 Å². The van der Waals surface area contributed by atoms with E-state index in [2.05, 4.69) is 6.58 Å². The fraction of sp³-hybridized carbons (Fsp3) is 0.318. The molecule has 0 saturated heterocycles. The van der Waals surface area contributed by atoms with E-state index in [0.717, 1.165) is 36.8 Å². The molecule has 2 aliphatic carbocycles. The summed E-state index contributed by atoms with van der Waals surface area (Å²) >= 11 is 0. The van der Waals surface area contributed by atoms with Gasteiger partial charge in [-0.1, -0.05) is 25.0 Å². The maximum Gasteiger partial charge on any atom is 0.224 e. The first-order chi connectivity index (χ1) is 12.9. The SMILES string of the molecule is C=C(C)C1CCCCC1c1c2ccc(=O)c(O)c-2oc2c(O)c(O)ccc12. The zero-order valence-corrected chi connectivity index (χ0v) is 15.2. The first-order valence-electron chi connectivity index (χ1n) is 9.19. The molecule has 1 aromatic rings. The average molecular weight is 366 g/mol. The van der Waals surface area contributed by atoms with Gasteiger partial charge in [0.2, 0.25) is 16.9 Å². The summed E-state index contributed by atoms with van der Waals surface area (Å²) in [6, 6.07) is 6.16. The lowest BCUT2D eigenvalue weighted by atomic mass is 9.70. The van der Waals surface area contributed by atoms with Gasteiger partial charge in [-0.3, -0.25) is 4.79 Å². The van der Waals surface area contributed by atoms with Gasteiger partial charge >= 0.3 is 0 Å². The van der Waals surface area contributed by atoms with Crippen LogP contribution in [0.5, 0.6) is 17.2 Å². The highest BCUT2D eigenvalue weighted by Crippen LogP contribution is 2.50. The van der Waals surface area contributed by atoms with E-state index in [9.17, 15) is 20.1 Å². The lowest BCUT2D eigenvalue weighted by molar-refractivity contribution is 0.348. The molecule has 3 N–H and O–H groups in total. The van der Waals surface area contributed by atoms with Crippen LogP contribution in [0.1, 0.15) is 44.1 Å². The summed E-state index contributed by atoms with van der Waals surface area (Å²) in [5.74, 6) is -0.766. The minimum absolute atomic E-state index is 0.0388. The number of phenolic OH excluding ortho intramolecular Hbond substituents is 3. The Hall–Kier alpha value is -2.95. The minimum Gasteiger partial charge on any atom is -0.504 e. The fourth-order valence-electron chi connectivity index (χ4n) is 4.46. The molecule has 2 unspecified atom stereocenters. The van der Waals surface area contributed by atoms with Crippen molar-refractivity contribution in [3.63, 3.8) is 0 Å². The van der Waals surface area contributed by atoms with Gasteiger partial charge in [0.1, 0.15) is 0 Å². The molecule has 1 aromatic carbocycles. The summed E-state index contributed by atoms with van der Waals surface area (Å²) in [7, 11) is 0. The van der Waals surface area contributed by atoms with Gasteiger partial charge in [0.15, 0.2) is 17.1 Å². The fourth-order valence-corrected chi connectivity index (χ4v) is 4.46. The Morgan fingerprint density at radius 1 is 1.07 bits per heavy atom. The standard InChI is InChI=1S/C22H22O5/c1-11(2)12-5-3-4-6-13(12)18-14-7-9-16(23)19(25)21(14)27-22-15(18)8-10-17(24)20(22)26/h7-10,12-13,23,25-26H,1,3-6H2,2H3. The maximum absolute atomic E-state index is 11.9. The molecule has 4 rings (SSSR count). The van der Waals surface area contributed by atoms with Gasteiger partial charge in [0.25, 0.3) is 0 Å². The Morgan fingerprint density at radius 3 is 2.56 bits per heavy atom. The van der Waals surface area contributed by atoms with E-state index in [0.29, 0.717) is 10.9 Å². The van der Waals surface area contributed by atoms with Crippen LogP contribution in [-0.4, -0.2) is 15.3 Å². The third-order valence-electron chi connectivity index (χ3n) is 5.76. The molecule has 5 heteroatoms. The zero-order chi connectivity index (χ0) is 19.3. The molecule has 0 spiro atoms. The van der Waals surface area contributed by atoms with Gasteiger partial charge in [0.05, 0.1) is 0 Å². The highest BCUT2D eigenvalue weighted by atomic mass is 16.4. The molecule has 1 aliphatic heterocycles. The van der Waals surface area contributed by atoms with E-state index in [1.54, 1.807) is 12.1 Å². The number of fused-ring (bicyclic) bond motifs is 2. The quantitative estimate of drug-likeness (QED) is 0.342. The third-order valence-corrected chi connectivity index (χ3v) is 5.76. The Bertz CT molecular complexity index is 1080. The number of hydrogen-bond acceptors (Lipinski definition) is 5. The third kappa shape index (κ3) is 2.65. The number of phenols is 3. The van der Waals surface area contributed by atoms with Crippen molar-refractivity contribution in [3.8, 4) is 28.6 Å². The summed E-state index contributed by atoms with van der Waals surface area (Å²) in [4.78, 5) is 11.9. The van der Waals surface area contributed by atoms with Crippen LogP contribution >= 0.6 is 0 Å². The van der Waals surface area contributed by atoms with Gasteiger partial charge in [-0.15, -0.1) is 0 Å². The van der Waals surface area contributed by atoms with Crippen molar-refractivity contribution in [2.75, 3.05) is 0 Å². The van der Waals surface area contributed by atoms with E-state index in [1.165, 1.54) is 12.1 Å². The van der Waals surface area contributed by atoms with Crippen LogP contribution in [0.4, 0.5) is 0 Å². The zero-order valence-electron chi connectivity index (χ0n) is 15.2. The summed E-state index contributed by atoms with van der Waals surface area (Å²) in [6.45, 7) is 6.19. The predicted molar refractivity (Wildman–Crippen MR) is 104 cm³/mol. The van der Waals surface area contributed by atoms with Crippen LogP contribution in [0.3, 0.4) is 0 Å². The van der Waals surface area contributed by atoms with Gasteiger partial charge < -0.3 is 19.7 Å². The van der Waals surface area contributed by atoms with Gasteiger partial charge in [-0.2, -0.15) is 0 Å². The van der Waals surface area contributed by atoms with Crippen molar-refractivity contribution >= 4 is 11.0 Å². The molecule has 1 fully saturated rings. The monoisotopic (exact) mass is 366 g/mol. The molecule has 1 saturated carbocycles. The Morgan fingerprint density at radius 2 is 1.81 bits per heavy atom. The lowest BCUT2D eigenvalue weighted by Gasteiger charge is -2.34. The second kappa shape index (κ2) is 6.34. The Kier molecular flexibility index (Phi) is 4.10. The first kappa shape index (κ1) is 17.5. The summed E-state index contributed by atoms with van der Waals surface area (Å²) in [5, 5.41) is 31.2. The van der Waals surface area contributed by atoms with Crippen LogP contribution < -0.4 is 5.43 Å². The van der Waals surface area contributed by atoms with E-state index >= 15 is 0 Å². The Balaban J connectivity index is 2.13. The van der Waals surface area contributed by atoms with Crippen LogP contribution in [0, 0.1) is 5.92 Å². The van der Waals surface area contributed by atoms with Crippen molar-refractivity contribution in [2.24, 2.45) is 5.92 Å². The van der Waals surface area contributed by atoms with Crippen LogP contribution in [0.2, 0.25) is 0 Å². The topological polar surface area (TPSA) is 90.9 Å². The largest absolute Gasteiger partial charge is 0.504 e. The summed E-state index contributed by atoms with van der Waals surface area (Å²) < 4.78 is 5.71. The molecule has 1 heterocycles. The highest BCUT2D eigenvalue weighted by Gasteiger charge is 2.33. The highest BCUT2D eigenvalue weighted by molar-refractivity contribution is 5.94. The van der Waals surface area contributed by atoms with Crippen LogP contribution in [0.15, 0.2) is 45.6 Å². The number of hydrogen-bond donors (Lipinski definition) is 3. The smallest absolute Gasteiger partial charge is 0.224 e. The van der Waals surface area contributed by atoms with Crippen LogP contribution in [-0.2, 0) is 0 Å². The van der Waals surface area contributed by atoms with Gasteiger partial charge in [-0.05, 0) is 61.4 Å². The van der Waals surface area contributed by atoms with E-state index in [1.807, 2.05) is 6.92 Å². The van der Waals surface area contributed by atoms with Gasteiger partial charge in [-0.25, -0.2) is 0 Å². The number of allylic oxidation sites excluding steroid dienone is 1. The minimum atomic E-state index is -0.545. The lowest BCUT2D eigenvalue weighted by Crippen LogP contribution is -2.20. The van der Waals surface area contributed by atoms with Crippen molar-refractivity contribution in [3.05, 3.63) is 52.2 Å². The van der Waals surface area contributed by atoms with E-state index in [-0.39, 0.29) is 28.9 Å². The molecular weight excluding hydrogens is 344 g/mol. The number of benzene rings is 2. The molecule has 3 aliphatic rings. The van der Waals surface area contributed by atoms with Crippen molar-refractivity contribution < 1.29 is 19.7 Å². The van der Waals surface area contributed by atoms with Gasteiger partial charge in [0, 0.05) is 10.9 Å². The summed E-state index contributed by atoms with van der Waals surface area (Å²) in [5.41, 5.74) is 2.20. The molecule has 0 bridgehead atoms. The molecule has 5 nitrogen and oxygen atoms in total.